The minimum absolute atomic E-state index is 0. The first-order valence-electron chi connectivity index (χ1n) is 13.8. The standard InChI is InChI=1S/C31H33ClFN7O2.CH4/c1-7-24(41)38-14-19(6)39(15-18(38)5)29-21-13-22(32)27(20-9-8-10-23(33)25(20)34)36-30(21)40(31(42)37-29)28-17(4)11-12-35-26(28)16(2)3;/h7-13,16,18-19H,1,14-15,34H2,2-6H3;1H4/t18-,19+;/m1./s1. The predicted molar refractivity (Wildman–Crippen MR) is 171 cm³/mol. The van der Waals surface area contributed by atoms with Gasteiger partial charge in [-0.05, 0) is 56.5 Å². The number of nitrogen functional groups attached to an aromatic ring is 1. The number of carbonyl (C=O) groups excluding carboxylic acids is 1. The molecule has 11 heteroatoms. The van der Waals surface area contributed by atoms with Crippen molar-refractivity contribution in [3.05, 3.63) is 81.8 Å². The Balaban J connectivity index is 0.00000423. The molecule has 3 aromatic heterocycles. The summed E-state index contributed by atoms with van der Waals surface area (Å²) in [6.45, 7) is 14.3. The normalized spacial score (nSPS) is 16.8. The summed E-state index contributed by atoms with van der Waals surface area (Å²) in [4.78, 5) is 44.3. The highest BCUT2D eigenvalue weighted by Crippen LogP contribution is 2.38. The number of nitrogens with two attached hydrogens (primary N) is 1. The molecule has 1 aliphatic rings. The largest absolute Gasteiger partial charge is 0.396 e. The van der Waals surface area contributed by atoms with Crippen LogP contribution in [0, 0.1) is 12.7 Å². The Morgan fingerprint density at radius 2 is 1.91 bits per heavy atom. The summed E-state index contributed by atoms with van der Waals surface area (Å²) < 4.78 is 16.0. The molecule has 1 aliphatic heterocycles. The van der Waals surface area contributed by atoms with E-state index >= 15 is 0 Å². The van der Waals surface area contributed by atoms with Crippen LogP contribution in [-0.4, -0.2) is 55.5 Å². The van der Waals surface area contributed by atoms with Gasteiger partial charge in [-0.1, -0.05) is 51.6 Å². The SMILES string of the molecule is C.C=CC(=O)N1C[C@H](C)N(c2nc(=O)n(-c3c(C)ccnc3C(C)C)c3nc(-c4cccc(F)c4N)c(Cl)cc23)C[C@H]1C. The van der Waals surface area contributed by atoms with Crippen LogP contribution in [0.1, 0.15) is 52.3 Å². The maximum atomic E-state index is 14.5. The average Bonchev–Trinajstić information content (AvgIpc) is 2.95. The molecule has 226 valence electrons. The van der Waals surface area contributed by atoms with E-state index in [1.54, 1.807) is 23.2 Å². The van der Waals surface area contributed by atoms with E-state index in [2.05, 4.69) is 16.5 Å². The lowest BCUT2D eigenvalue weighted by Crippen LogP contribution is -2.58. The smallest absolute Gasteiger partial charge is 0.355 e. The summed E-state index contributed by atoms with van der Waals surface area (Å²) in [7, 11) is 0. The minimum Gasteiger partial charge on any atom is -0.396 e. The molecule has 0 unspecified atom stereocenters. The molecule has 0 radical (unpaired) electrons. The molecule has 5 rings (SSSR count). The third-order valence-electron chi connectivity index (χ3n) is 7.75. The van der Waals surface area contributed by atoms with Crippen LogP contribution in [0.15, 0.2) is 54.0 Å². The van der Waals surface area contributed by atoms with Crippen molar-refractivity contribution in [2.75, 3.05) is 23.7 Å². The van der Waals surface area contributed by atoms with Gasteiger partial charge in [-0.15, -0.1) is 0 Å². The molecule has 0 saturated carbocycles. The number of anilines is 2. The molecule has 0 bridgehead atoms. The number of aromatic nitrogens is 4. The van der Waals surface area contributed by atoms with Crippen LogP contribution < -0.4 is 16.3 Å². The summed E-state index contributed by atoms with van der Waals surface area (Å²) in [6, 6.07) is 7.60. The highest BCUT2D eigenvalue weighted by atomic mass is 35.5. The lowest BCUT2D eigenvalue weighted by Gasteiger charge is -2.44. The van der Waals surface area contributed by atoms with Crippen molar-refractivity contribution in [1.82, 2.24) is 24.4 Å². The zero-order valence-electron chi connectivity index (χ0n) is 24.2. The lowest BCUT2D eigenvalue weighted by molar-refractivity contribution is -0.128. The number of rotatable bonds is 5. The van der Waals surface area contributed by atoms with Crippen molar-refractivity contribution < 1.29 is 9.18 Å². The third kappa shape index (κ3) is 5.47. The fourth-order valence-electron chi connectivity index (χ4n) is 5.59. The molecular formula is C32H37ClFN7O2. The minimum atomic E-state index is -0.599. The summed E-state index contributed by atoms with van der Waals surface area (Å²) in [5.41, 5.74) is 8.40. The van der Waals surface area contributed by atoms with Crippen molar-refractivity contribution >= 4 is 40.0 Å². The van der Waals surface area contributed by atoms with Gasteiger partial charge in [0.15, 0.2) is 5.65 Å². The van der Waals surface area contributed by atoms with Crippen LogP contribution in [0.5, 0.6) is 0 Å². The van der Waals surface area contributed by atoms with Gasteiger partial charge in [-0.3, -0.25) is 9.78 Å². The maximum absolute atomic E-state index is 14.5. The zero-order chi connectivity index (χ0) is 30.5. The van der Waals surface area contributed by atoms with Crippen LogP contribution in [-0.2, 0) is 4.79 Å². The number of hydrogen-bond donors (Lipinski definition) is 1. The summed E-state index contributed by atoms with van der Waals surface area (Å²) in [5, 5.41) is 0.750. The van der Waals surface area contributed by atoms with Crippen LogP contribution in [0.3, 0.4) is 0 Å². The quantitative estimate of drug-likeness (QED) is 0.223. The second-order valence-electron chi connectivity index (χ2n) is 11.0. The third-order valence-corrected chi connectivity index (χ3v) is 8.04. The van der Waals surface area contributed by atoms with Crippen molar-refractivity contribution in [1.29, 1.82) is 0 Å². The molecule has 43 heavy (non-hydrogen) atoms. The molecule has 1 saturated heterocycles. The topological polar surface area (TPSA) is 110 Å². The Hall–Kier alpha value is -4.31. The molecule has 0 spiro atoms. The van der Waals surface area contributed by atoms with E-state index in [4.69, 9.17) is 22.3 Å². The predicted octanol–water partition coefficient (Wildman–Crippen LogP) is 5.90. The van der Waals surface area contributed by atoms with E-state index in [0.717, 1.165) is 5.56 Å². The van der Waals surface area contributed by atoms with Crippen LogP contribution in [0.25, 0.3) is 28.0 Å². The first-order chi connectivity index (χ1) is 19.9. The number of fused-ring (bicyclic) bond motifs is 1. The Morgan fingerprint density at radius 3 is 2.58 bits per heavy atom. The van der Waals surface area contributed by atoms with Crippen LogP contribution in [0.4, 0.5) is 15.9 Å². The molecule has 4 heterocycles. The molecule has 9 nitrogen and oxygen atoms in total. The number of carbonyl (C=O) groups is 1. The van der Waals surface area contributed by atoms with Crippen molar-refractivity contribution in [3.8, 4) is 16.9 Å². The molecule has 1 amide bonds. The van der Waals surface area contributed by atoms with Gasteiger partial charge in [0.1, 0.15) is 11.6 Å². The summed E-state index contributed by atoms with van der Waals surface area (Å²) in [5.74, 6) is -0.364. The number of pyridine rings is 2. The van der Waals surface area contributed by atoms with Gasteiger partial charge in [-0.25, -0.2) is 18.7 Å². The first kappa shape index (κ1) is 31.6. The highest BCUT2D eigenvalue weighted by molar-refractivity contribution is 6.34. The van der Waals surface area contributed by atoms with Crippen molar-refractivity contribution in [2.24, 2.45) is 0 Å². The van der Waals surface area contributed by atoms with E-state index in [1.165, 1.54) is 22.8 Å². The Morgan fingerprint density at radius 1 is 1.19 bits per heavy atom. The van der Waals surface area contributed by atoms with Crippen LogP contribution >= 0.6 is 11.6 Å². The number of benzene rings is 1. The number of piperazine rings is 1. The second-order valence-corrected chi connectivity index (χ2v) is 11.4. The Kier molecular flexibility index (Phi) is 8.92. The fraction of sp³-hybridized carbons (Fsp3) is 0.344. The van der Waals surface area contributed by atoms with Crippen LogP contribution in [0.2, 0.25) is 5.02 Å². The number of para-hydroxylation sites is 1. The first-order valence-corrected chi connectivity index (χ1v) is 14.2. The number of nitrogens with zero attached hydrogens (tertiary/aromatic N) is 6. The van der Waals surface area contributed by atoms with Gasteiger partial charge in [0.25, 0.3) is 0 Å². The van der Waals surface area contributed by atoms with Gasteiger partial charge < -0.3 is 15.5 Å². The van der Waals surface area contributed by atoms with Crippen molar-refractivity contribution in [3.63, 3.8) is 0 Å². The molecule has 1 aromatic carbocycles. The molecular weight excluding hydrogens is 569 g/mol. The number of aryl methyl sites for hydroxylation is 1. The highest BCUT2D eigenvalue weighted by Gasteiger charge is 2.34. The number of amides is 1. The van der Waals surface area contributed by atoms with Gasteiger partial charge in [0, 0.05) is 36.9 Å². The monoisotopic (exact) mass is 605 g/mol. The zero-order valence-corrected chi connectivity index (χ0v) is 25.0. The van der Waals surface area contributed by atoms with Gasteiger partial charge in [0.05, 0.1) is 33.2 Å². The van der Waals surface area contributed by atoms with Crippen molar-refractivity contribution in [2.45, 2.75) is 60.0 Å². The molecule has 0 aliphatic carbocycles. The molecule has 1 fully saturated rings. The number of halogens is 2. The van der Waals surface area contributed by atoms with E-state index in [9.17, 15) is 14.0 Å². The van der Waals surface area contributed by atoms with Gasteiger partial charge in [-0.2, -0.15) is 4.98 Å². The van der Waals surface area contributed by atoms with E-state index in [-0.39, 0.29) is 53.4 Å². The van der Waals surface area contributed by atoms with E-state index < -0.39 is 11.5 Å². The number of hydrogen-bond acceptors (Lipinski definition) is 7. The lowest BCUT2D eigenvalue weighted by atomic mass is 10.0. The van der Waals surface area contributed by atoms with E-state index in [0.29, 0.717) is 41.2 Å². The Labute approximate surface area is 255 Å². The van der Waals surface area contributed by atoms with Gasteiger partial charge in [0.2, 0.25) is 5.91 Å². The molecule has 2 atom stereocenters. The maximum Gasteiger partial charge on any atom is 0.355 e. The molecule has 4 aromatic rings. The Bertz CT molecular complexity index is 1790. The second kappa shape index (κ2) is 12.1. The summed E-state index contributed by atoms with van der Waals surface area (Å²) >= 11 is 6.82. The van der Waals surface area contributed by atoms with Gasteiger partial charge >= 0.3 is 5.69 Å². The molecule has 2 N–H and O–H groups in total. The fourth-order valence-corrected chi connectivity index (χ4v) is 5.84. The van der Waals surface area contributed by atoms with E-state index in [1.807, 2.05) is 45.6 Å². The summed E-state index contributed by atoms with van der Waals surface area (Å²) in [6.07, 6.45) is 3.01. The average molecular weight is 606 g/mol.